The largest absolute Gasteiger partial charge is 0.485 e. The first kappa shape index (κ1) is 19.3. The van der Waals surface area contributed by atoms with E-state index in [0.29, 0.717) is 29.2 Å². The number of aliphatic hydroxyl groups excluding tert-OH is 1. The molecule has 2 N–H and O–H groups in total. The summed E-state index contributed by atoms with van der Waals surface area (Å²) in [4.78, 5) is 17.2. The summed E-state index contributed by atoms with van der Waals surface area (Å²) in [7, 11) is 0. The number of hydrogen-bond acceptors (Lipinski definition) is 4. The molecule has 6 nitrogen and oxygen atoms in total. The van der Waals surface area contributed by atoms with Crippen LogP contribution in [0, 0.1) is 18.6 Å². The Kier molecular flexibility index (Phi) is 5.19. The SMILES string of the molecule is Cc1nc2c(OCc3c(F)cccc3F)cccn2c1C(=O)NC1CCCC1O. The molecule has 0 radical (unpaired) electrons. The number of fused-ring (bicyclic) bond motifs is 1. The van der Waals surface area contributed by atoms with E-state index in [1.54, 1.807) is 29.7 Å². The summed E-state index contributed by atoms with van der Waals surface area (Å²) in [6.45, 7) is 1.40. The number of amides is 1. The van der Waals surface area contributed by atoms with Gasteiger partial charge >= 0.3 is 0 Å². The van der Waals surface area contributed by atoms with Crippen LogP contribution in [0.15, 0.2) is 36.5 Å². The number of nitrogens with zero attached hydrogens (tertiary/aromatic N) is 2. The molecule has 8 heteroatoms. The van der Waals surface area contributed by atoms with Crippen LogP contribution in [-0.2, 0) is 6.61 Å². The van der Waals surface area contributed by atoms with E-state index in [1.165, 1.54) is 18.2 Å². The Balaban J connectivity index is 1.61. The average molecular weight is 401 g/mol. The molecular weight excluding hydrogens is 380 g/mol. The highest BCUT2D eigenvalue weighted by Crippen LogP contribution is 2.25. The lowest BCUT2D eigenvalue weighted by atomic mass is 10.2. The van der Waals surface area contributed by atoms with Gasteiger partial charge in [-0.15, -0.1) is 0 Å². The van der Waals surface area contributed by atoms with Crippen molar-refractivity contribution < 1.29 is 23.4 Å². The van der Waals surface area contributed by atoms with E-state index in [9.17, 15) is 18.7 Å². The van der Waals surface area contributed by atoms with Crippen molar-refractivity contribution in [2.45, 2.75) is 44.9 Å². The van der Waals surface area contributed by atoms with Gasteiger partial charge in [0.2, 0.25) is 0 Å². The normalized spacial score (nSPS) is 18.9. The van der Waals surface area contributed by atoms with Gasteiger partial charge in [0.05, 0.1) is 23.4 Å². The number of benzene rings is 1. The summed E-state index contributed by atoms with van der Waals surface area (Å²) in [5.41, 5.74) is 1.02. The summed E-state index contributed by atoms with van der Waals surface area (Å²) < 4.78 is 34.9. The first-order valence-electron chi connectivity index (χ1n) is 9.48. The van der Waals surface area contributed by atoms with Crippen molar-refractivity contribution in [2.24, 2.45) is 0 Å². The molecule has 4 rings (SSSR count). The maximum atomic E-state index is 13.9. The number of nitrogens with one attached hydrogen (secondary N) is 1. The lowest BCUT2D eigenvalue weighted by molar-refractivity contribution is 0.0867. The number of rotatable bonds is 5. The molecule has 0 saturated heterocycles. The topological polar surface area (TPSA) is 75.9 Å². The van der Waals surface area contributed by atoms with Crippen molar-refractivity contribution >= 4 is 11.6 Å². The molecule has 1 saturated carbocycles. The number of aliphatic hydroxyl groups is 1. The van der Waals surface area contributed by atoms with E-state index < -0.39 is 17.7 Å². The Hall–Kier alpha value is -3.00. The van der Waals surface area contributed by atoms with Gasteiger partial charge in [0.1, 0.15) is 23.9 Å². The third kappa shape index (κ3) is 3.67. The van der Waals surface area contributed by atoms with Crippen molar-refractivity contribution in [1.29, 1.82) is 0 Å². The first-order chi connectivity index (χ1) is 14.0. The molecule has 1 aromatic carbocycles. The fourth-order valence-electron chi connectivity index (χ4n) is 3.71. The molecule has 2 atom stereocenters. The summed E-state index contributed by atoms with van der Waals surface area (Å²) in [6.07, 6.45) is 3.38. The molecule has 1 amide bonds. The predicted octanol–water partition coefficient (Wildman–Crippen LogP) is 3.14. The molecule has 0 spiro atoms. The molecular formula is C21H21F2N3O3. The number of ether oxygens (including phenoxy) is 1. The van der Waals surface area contributed by atoms with E-state index in [4.69, 9.17) is 4.74 Å². The minimum atomic E-state index is -0.688. The Morgan fingerprint density at radius 1 is 1.28 bits per heavy atom. The maximum Gasteiger partial charge on any atom is 0.270 e. The molecule has 152 valence electrons. The van der Waals surface area contributed by atoms with E-state index in [-0.39, 0.29) is 24.1 Å². The minimum Gasteiger partial charge on any atom is -0.485 e. The average Bonchev–Trinajstić information content (AvgIpc) is 3.23. The highest BCUT2D eigenvalue weighted by Gasteiger charge is 2.29. The predicted molar refractivity (Wildman–Crippen MR) is 102 cm³/mol. The number of pyridine rings is 1. The second-order valence-corrected chi connectivity index (χ2v) is 7.18. The van der Waals surface area contributed by atoms with Gasteiger partial charge in [0.15, 0.2) is 11.4 Å². The van der Waals surface area contributed by atoms with Crippen LogP contribution < -0.4 is 10.1 Å². The summed E-state index contributed by atoms with van der Waals surface area (Å²) in [6, 6.07) is 6.64. The van der Waals surface area contributed by atoms with E-state index in [0.717, 1.165) is 12.8 Å². The molecule has 0 aliphatic heterocycles. The zero-order valence-corrected chi connectivity index (χ0v) is 15.9. The van der Waals surface area contributed by atoms with Crippen LogP contribution in [0.25, 0.3) is 5.65 Å². The molecule has 2 unspecified atom stereocenters. The maximum absolute atomic E-state index is 13.9. The summed E-state index contributed by atoms with van der Waals surface area (Å²) >= 11 is 0. The van der Waals surface area contributed by atoms with E-state index in [2.05, 4.69) is 10.3 Å². The van der Waals surface area contributed by atoms with Gasteiger partial charge in [0, 0.05) is 6.20 Å². The second kappa shape index (κ2) is 7.79. The van der Waals surface area contributed by atoms with Crippen molar-refractivity contribution in [3.63, 3.8) is 0 Å². The van der Waals surface area contributed by atoms with Gasteiger partial charge in [-0.3, -0.25) is 9.20 Å². The van der Waals surface area contributed by atoms with Gasteiger partial charge < -0.3 is 15.2 Å². The lowest BCUT2D eigenvalue weighted by Crippen LogP contribution is -2.40. The monoisotopic (exact) mass is 401 g/mol. The molecule has 2 aromatic heterocycles. The number of carbonyl (C=O) groups is 1. The van der Waals surface area contributed by atoms with Crippen LogP contribution in [0.1, 0.15) is 41.0 Å². The number of aromatic nitrogens is 2. The molecule has 1 aliphatic rings. The summed E-state index contributed by atoms with van der Waals surface area (Å²) in [5, 5.41) is 12.8. The molecule has 1 aliphatic carbocycles. The van der Waals surface area contributed by atoms with Crippen LogP contribution in [0.4, 0.5) is 8.78 Å². The molecule has 0 bridgehead atoms. The van der Waals surface area contributed by atoms with E-state index >= 15 is 0 Å². The lowest BCUT2D eigenvalue weighted by Gasteiger charge is -2.16. The van der Waals surface area contributed by atoms with Gasteiger partial charge in [-0.1, -0.05) is 6.07 Å². The quantitative estimate of drug-likeness (QED) is 0.689. The highest BCUT2D eigenvalue weighted by molar-refractivity contribution is 5.95. The molecule has 29 heavy (non-hydrogen) atoms. The minimum absolute atomic E-state index is 0.175. The zero-order chi connectivity index (χ0) is 20.5. The Labute approximate surface area is 166 Å². The van der Waals surface area contributed by atoms with Crippen molar-refractivity contribution in [3.05, 3.63) is 65.1 Å². The Bertz CT molecular complexity index is 1050. The Morgan fingerprint density at radius 2 is 2.03 bits per heavy atom. The number of hydrogen-bond donors (Lipinski definition) is 2. The number of aryl methyl sites for hydroxylation is 1. The van der Waals surface area contributed by atoms with E-state index in [1.807, 2.05) is 0 Å². The highest BCUT2D eigenvalue weighted by atomic mass is 19.1. The van der Waals surface area contributed by atoms with Gasteiger partial charge in [-0.2, -0.15) is 0 Å². The first-order valence-corrected chi connectivity index (χ1v) is 9.48. The standard InChI is InChI=1S/C21H21F2N3O3/c1-12-19(21(28)25-16-7-3-8-17(16)27)26-10-4-9-18(20(26)24-12)29-11-13-14(22)5-2-6-15(13)23/h2,4-6,9-10,16-17,27H,3,7-8,11H2,1H3,(H,25,28). The van der Waals surface area contributed by atoms with Gasteiger partial charge in [-0.05, 0) is 50.5 Å². The van der Waals surface area contributed by atoms with Gasteiger partial charge in [0.25, 0.3) is 5.91 Å². The Morgan fingerprint density at radius 3 is 2.72 bits per heavy atom. The molecule has 3 aromatic rings. The van der Waals surface area contributed by atoms with Crippen molar-refractivity contribution in [1.82, 2.24) is 14.7 Å². The second-order valence-electron chi connectivity index (χ2n) is 7.18. The van der Waals surface area contributed by atoms with Crippen LogP contribution in [0.3, 0.4) is 0 Å². The number of halogens is 2. The number of carbonyl (C=O) groups excluding carboxylic acids is 1. The van der Waals surface area contributed by atoms with Crippen LogP contribution in [0.2, 0.25) is 0 Å². The van der Waals surface area contributed by atoms with Crippen LogP contribution >= 0.6 is 0 Å². The zero-order valence-electron chi connectivity index (χ0n) is 15.9. The smallest absolute Gasteiger partial charge is 0.270 e. The molecule has 2 heterocycles. The molecule has 1 fully saturated rings. The third-order valence-electron chi connectivity index (χ3n) is 5.23. The van der Waals surface area contributed by atoms with Gasteiger partial charge in [-0.25, -0.2) is 13.8 Å². The van der Waals surface area contributed by atoms with Crippen LogP contribution in [-0.4, -0.2) is 32.5 Å². The van der Waals surface area contributed by atoms with Crippen molar-refractivity contribution in [3.8, 4) is 5.75 Å². The van der Waals surface area contributed by atoms with Crippen molar-refractivity contribution in [2.75, 3.05) is 0 Å². The fraction of sp³-hybridized carbons (Fsp3) is 0.333. The number of imidazole rings is 1. The fourth-order valence-corrected chi connectivity index (χ4v) is 3.71. The summed E-state index contributed by atoms with van der Waals surface area (Å²) in [5.74, 6) is -1.41. The third-order valence-corrected chi connectivity index (χ3v) is 5.23. The van der Waals surface area contributed by atoms with Crippen LogP contribution in [0.5, 0.6) is 5.75 Å².